The maximum atomic E-state index is 12.7. The average Bonchev–Trinajstić information content (AvgIpc) is 2.64. The van der Waals surface area contributed by atoms with Crippen LogP contribution in [0.3, 0.4) is 0 Å². The number of aromatic nitrogens is 2. The van der Waals surface area contributed by atoms with Gasteiger partial charge in [-0.25, -0.2) is 9.97 Å². The van der Waals surface area contributed by atoms with Gasteiger partial charge in [-0.15, -0.1) is 0 Å². The number of nitrogens with zero attached hydrogens (tertiary/aromatic N) is 4. The summed E-state index contributed by atoms with van der Waals surface area (Å²) in [5, 5.41) is 0. The van der Waals surface area contributed by atoms with Crippen molar-refractivity contribution in [3.05, 3.63) is 48.3 Å². The summed E-state index contributed by atoms with van der Waals surface area (Å²) in [6.45, 7) is 5.46. The summed E-state index contributed by atoms with van der Waals surface area (Å²) < 4.78 is 5.32. The third-order valence-electron chi connectivity index (χ3n) is 3.81. The molecular weight excluding hydrogens is 292 g/mol. The molecule has 6 heteroatoms. The molecule has 2 heterocycles. The summed E-state index contributed by atoms with van der Waals surface area (Å²) in [6.07, 6.45) is 3.21. The van der Waals surface area contributed by atoms with E-state index in [0.717, 1.165) is 18.8 Å². The Kier molecular flexibility index (Phi) is 4.83. The maximum absolute atomic E-state index is 12.7. The Hall–Kier alpha value is -2.47. The second-order valence-electron chi connectivity index (χ2n) is 5.26. The number of carbonyl (C=O) groups excluding carboxylic acids is 1. The fraction of sp³-hybridized carbons (Fsp3) is 0.353. The fourth-order valence-electron chi connectivity index (χ4n) is 2.57. The lowest BCUT2D eigenvalue weighted by molar-refractivity contribution is 0.0987. The molecule has 2 aromatic rings. The zero-order valence-electron chi connectivity index (χ0n) is 13.2. The Morgan fingerprint density at radius 3 is 2.43 bits per heavy atom. The van der Waals surface area contributed by atoms with Crippen LogP contribution in [0.4, 0.5) is 11.6 Å². The van der Waals surface area contributed by atoms with Crippen molar-refractivity contribution in [2.24, 2.45) is 0 Å². The summed E-state index contributed by atoms with van der Waals surface area (Å²) in [5.74, 6) is 0.555. The molecule has 0 radical (unpaired) electrons. The quantitative estimate of drug-likeness (QED) is 0.864. The van der Waals surface area contributed by atoms with Crippen LogP contribution in [0.25, 0.3) is 0 Å². The number of anilines is 2. The highest BCUT2D eigenvalue weighted by atomic mass is 16.5. The lowest BCUT2D eigenvalue weighted by Crippen LogP contribution is -2.37. The van der Waals surface area contributed by atoms with Gasteiger partial charge in [0.2, 0.25) is 5.95 Å². The lowest BCUT2D eigenvalue weighted by atomic mass is 10.2. The number of amides is 1. The van der Waals surface area contributed by atoms with Crippen LogP contribution in [-0.2, 0) is 4.74 Å². The van der Waals surface area contributed by atoms with Gasteiger partial charge in [-0.3, -0.25) is 4.79 Å². The Bertz CT molecular complexity index is 639. The number of ether oxygens (including phenoxy) is 1. The van der Waals surface area contributed by atoms with Crippen molar-refractivity contribution in [3.63, 3.8) is 0 Å². The summed E-state index contributed by atoms with van der Waals surface area (Å²) >= 11 is 0. The van der Waals surface area contributed by atoms with Crippen molar-refractivity contribution in [1.82, 2.24) is 9.97 Å². The van der Waals surface area contributed by atoms with E-state index < -0.39 is 0 Å². The van der Waals surface area contributed by atoms with Gasteiger partial charge in [0.1, 0.15) is 0 Å². The van der Waals surface area contributed by atoms with E-state index in [1.165, 1.54) is 0 Å². The van der Waals surface area contributed by atoms with Gasteiger partial charge in [0, 0.05) is 37.7 Å². The van der Waals surface area contributed by atoms with Crippen molar-refractivity contribution >= 4 is 17.5 Å². The predicted octanol–water partition coefficient (Wildman–Crippen LogP) is 1.98. The summed E-state index contributed by atoms with van der Waals surface area (Å²) in [7, 11) is 0. The highest BCUT2D eigenvalue weighted by Gasteiger charge is 2.18. The molecule has 1 aromatic heterocycles. The molecule has 1 aromatic carbocycles. The zero-order chi connectivity index (χ0) is 16.1. The van der Waals surface area contributed by atoms with Gasteiger partial charge >= 0.3 is 0 Å². The van der Waals surface area contributed by atoms with Gasteiger partial charge in [0.25, 0.3) is 5.91 Å². The first kappa shape index (κ1) is 15.4. The van der Waals surface area contributed by atoms with E-state index in [1.54, 1.807) is 17.3 Å². The van der Waals surface area contributed by atoms with E-state index >= 15 is 0 Å². The third-order valence-corrected chi connectivity index (χ3v) is 3.81. The molecule has 0 saturated carbocycles. The number of rotatable bonds is 4. The molecule has 1 aliphatic rings. The van der Waals surface area contributed by atoms with Crippen LogP contribution in [-0.4, -0.2) is 48.7 Å². The normalized spacial score (nSPS) is 14.6. The molecule has 1 fully saturated rings. The molecule has 1 amide bonds. The van der Waals surface area contributed by atoms with Crippen molar-refractivity contribution in [2.45, 2.75) is 6.92 Å². The second-order valence-corrected chi connectivity index (χ2v) is 5.26. The molecule has 0 atom stereocenters. The number of carbonyl (C=O) groups is 1. The van der Waals surface area contributed by atoms with Crippen molar-refractivity contribution in [2.75, 3.05) is 42.6 Å². The van der Waals surface area contributed by atoms with E-state index in [0.29, 0.717) is 31.3 Å². The molecule has 0 bridgehead atoms. The molecule has 0 spiro atoms. The number of morpholine rings is 1. The highest BCUT2D eigenvalue weighted by Crippen LogP contribution is 2.17. The van der Waals surface area contributed by atoms with Gasteiger partial charge in [-0.2, -0.15) is 0 Å². The minimum absolute atomic E-state index is 0.0905. The third kappa shape index (κ3) is 3.48. The Morgan fingerprint density at radius 2 is 1.83 bits per heavy atom. The van der Waals surface area contributed by atoms with Crippen molar-refractivity contribution in [1.29, 1.82) is 0 Å². The molecule has 23 heavy (non-hydrogen) atoms. The highest BCUT2D eigenvalue weighted by molar-refractivity contribution is 6.05. The minimum Gasteiger partial charge on any atom is -0.378 e. The van der Waals surface area contributed by atoms with Gasteiger partial charge in [0.05, 0.1) is 18.8 Å². The van der Waals surface area contributed by atoms with Crippen LogP contribution < -0.4 is 9.80 Å². The van der Waals surface area contributed by atoms with E-state index in [1.807, 2.05) is 37.3 Å². The largest absolute Gasteiger partial charge is 0.378 e. The van der Waals surface area contributed by atoms with Crippen LogP contribution in [0, 0.1) is 0 Å². The number of hydrogen-bond donors (Lipinski definition) is 0. The number of benzene rings is 1. The minimum atomic E-state index is -0.0905. The van der Waals surface area contributed by atoms with E-state index in [9.17, 15) is 4.79 Å². The molecule has 120 valence electrons. The van der Waals surface area contributed by atoms with E-state index in [2.05, 4.69) is 14.9 Å². The van der Waals surface area contributed by atoms with Crippen molar-refractivity contribution < 1.29 is 9.53 Å². The standard InChI is InChI=1S/C17H20N4O2/c1-2-21(15-6-4-3-5-7-15)16(22)14-12-18-17(19-13-14)20-8-10-23-11-9-20/h3-7,12-13H,2,8-11H2,1H3. The molecule has 0 aliphatic carbocycles. The smallest absolute Gasteiger partial charge is 0.261 e. The first-order valence-corrected chi connectivity index (χ1v) is 7.81. The molecule has 6 nitrogen and oxygen atoms in total. The zero-order valence-corrected chi connectivity index (χ0v) is 13.2. The second kappa shape index (κ2) is 7.19. The Labute approximate surface area is 135 Å². The molecule has 1 aliphatic heterocycles. The predicted molar refractivity (Wildman–Crippen MR) is 88.9 cm³/mol. The molecule has 0 unspecified atom stereocenters. The molecule has 1 saturated heterocycles. The number of para-hydroxylation sites is 1. The van der Waals surface area contributed by atoms with Gasteiger partial charge in [-0.1, -0.05) is 18.2 Å². The molecular formula is C17H20N4O2. The van der Waals surface area contributed by atoms with Crippen molar-refractivity contribution in [3.8, 4) is 0 Å². The molecule has 3 rings (SSSR count). The van der Waals surface area contributed by atoms with Crippen LogP contribution >= 0.6 is 0 Å². The SMILES string of the molecule is CCN(C(=O)c1cnc(N2CCOCC2)nc1)c1ccccc1. The monoisotopic (exact) mass is 312 g/mol. The maximum Gasteiger partial charge on any atom is 0.261 e. The van der Waals surface area contributed by atoms with E-state index in [4.69, 9.17) is 4.74 Å². The molecule has 0 N–H and O–H groups in total. The fourth-order valence-corrected chi connectivity index (χ4v) is 2.57. The summed E-state index contributed by atoms with van der Waals surface area (Å²) in [4.78, 5) is 25.1. The summed E-state index contributed by atoms with van der Waals surface area (Å²) in [5.41, 5.74) is 1.37. The Morgan fingerprint density at radius 1 is 1.17 bits per heavy atom. The van der Waals surface area contributed by atoms with Crippen LogP contribution in [0.1, 0.15) is 17.3 Å². The van der Waals surface area contributed by atoms with Gasteiger partial charge < -0.3 is 14.5 Å². The van der Waals surface area contributed by atoms with Crippen LogP contribution in [0.15, 0.2) is 42.7 Å². The topological polar surface area (TPSA) is 58.6 Å². The number of hydrogen-bond acceptors (Lipinski definition) is 5. The van der Waals surface area contributed by atoms with Gasteiger partial charge in [0.15, 0.2) is 0 Å². The Balaban J connectivity index is 1.76. The van der Waals surface area contributed by atoms with Crippen LogP contribution in [0.2, 0.25) is 0 Å². The van der Waals surface area contributed by atoms with E-state index in [-0.39, 0.29) is 5.91 Å². The van der Waals surface area contributed by atoms with Crippen LogP contribution in [0.5, 0.6) is 0 Å². The van der Waals surface area contributed by atoms with Gasteiger partial charge in [-0.05, 0) is 19.1 Å². The summed E-state index contributed by atoms with van der Waals surface area (Å²) in [6, 6.07) is 9.61. The first-order valence-electron chi connectivity index (χ1n) is 7.81. The lowest BCUT2D eigenvalue weighted by Gasteiger charge is -2.26. The first-order chi connectivity index (χ1) is 11.3. The average molecular weight is 312 g/mol.